The van der Waals surface area contributed by atoms with Gasteiger partial charge in [0.15, 0.2) is 5.06 Å². The largest absolute Gasteiger partial charge is 0.481 e. The van der Waals surface area contributed by atoms with Gasteiger partial charge in [0.25, 0.3) is 5.56 Å². The molecule has 0 aliphatic carbocycles. The van der Waals surface area contributed by atoms with Crippen LogP contribution in [0.2, 0.25) is 0 Å². The van der Waals surface area contributed by atoms with Gasteiger partial charge in [0.2, 0.25) is 5.95 Å². The molecule has 2 aromatic heterocycles. The van der Waals surface area contributed by atoms with Crippen molar-refractivity contribution in [1.82, 2.24) is 15.3 Å². The highest BCUT2D eigenvalue weighted by atomic mass is 32.1. The Morgan fingerprint density at radius 1 is 1.23 bits per heavy atom. The predicted molar refractivity (Wildman–Crippen MR) is 112 cm³/mol. The molecule has 0 saturated heterocycles. The number of carbonyl (C=O) groups is 3. The molecule has 12 nitrogen and oxygen atoms in total. The van der Waals surface area contributed by atoms with Gasteiger partial charge in [0, 0.05) is 6.42 Å². The molecule has 1 atom stereocenters. The zero-order valence-electron chi connectivity index (χ0n) is 16.4. The number of carboxylic acids is 2. The maximum atomic E-state index is 11.9. The topological polar surface area (TPSA) is 211 Å². The molecule has 0 bridgehead atoms. The number of carbonyl (C=O) groups excluding carboxylic acids is 1. The second kappa shape index (κ2) is 11.0. The molecular formula is C18H23N5O7S. The highest BCUT2D eigenvalue weighted by Crippen LogP contribution is 2.24. The fraction of sp³-hybridized carbons (Fsp3) is 0.389. The van der Waals surface area contributed by atoms with Crippen molar-refractivity contribution in [3.8, 4) is 5.06 Å². The minimum atomic E-state index is -1.36. The minimum Gasteiger partial charge on any atom is -0.481 e. The first-order valence-electron chi connectivity index (χ1n) is 9.30. The number of aromatic nitrogens is 2. The van der Waals surface area contributed by atoms with Crippen molar-refractivity contribution in [3.05, 3.63) is 32.9 Å². The van der Waals surface area contributed by atoms with Crippen LogP contribution in [0.25, 0.3) is 0 Å². The Balaban J connectivity index is 1.80. The molecule has 8 N–H and O–H groups in total. The predicted octanol–water partition coefficient (Wildman–Crippen LogP) is 0.968. The summed E-state index contributed by atoms with van der Waals surface area (Å²) in [6, 6.07) is 0.296. The molecule has 0 unspecified atom stereocenters. The summed E-state index contributed by atoms with van der Waals surface area (Å²) in [5.74, 6) is -2.43. The van der Waals surface area contributed by atoms with E-state index in [4.69, 9.17) is 26.4 Å². The van der Waals surface area contributed by atoms with Gasteiger partial charge in [-0.25, -0.2) is 9.59 Å². The van der Waals surface area contributed by atoms with Crippen LogP contribution < -0.4 is 27.1 Å². The zero-order chi connectivity index (χ0) is 23.0. The van der Waals surface area contributed by atoms with E-state index in [0.717, 1.165) is 12.0 Å². The van der Waals surface area contributed by atoms with E-state index in [9.17, 15) is 19.2 Å². The Bertz CT molecular complexity index is 1000. The normalized spacial score (nSPS) is 11.6. The number of nitrogens with one attached hydrogen (secondary N) is 2. The maximum Gasteiger partial charge on any atom is 0.414 e. The number of unbranched alkanes of at least 4 members (excludes halogenated alkanes) is 1. The van der Waals surface area contributed by atoms with Crippen molar-refractivity contribution < 1.29 is 29.3 Å². The monoisotopic (exact) mass is 453 g/mol. The number of rotatable bonds is 11. The summed E-state index contributed by atoms with van der Waals surface area (Å²) in [4.78, 5) is 51.7. The van der Waals surface area contributed by atoms with Gasteiger partial charge in [0.1, 0.15) is 11.9 Å². The lowest BCUT2D eigenvalue weighted by atomic mass is 10.1. The molecule has 0 saturated carbocycles. The van der Waals surface area contributed by atoms with Crippen LogP contribution in [0.1, 0.15) is 36.8 Å². The van der Waals surface area contributed by atoms with Gasteiger partial charge in [-0.2, -0.15) is 4.98 Å². The molecule has 0 radical (unpaired) electrons. The van der Waals surface area contributed by atoms with Crippen LogP contribution >= 0.6 is 11.3 Å². The summed E-state index contributed by atoms with van der Waals surface area (Å²) < 4.78 is 5.08. The van der Waals surface area contributed by atoms with Crippen LogP contribution in [0.4, 0.5) is 16.6 Å². The van der Waals surface area contributed by atoms with E-state index in [0.29, 0.717) is 24.8 Å². The Hall–Kier alpha value is -3.61. The lowest BCUT2D eigenvalue weighted by molar-refractivity contribution is -0.140. The quantitative estimate of drug-likeness (QED) is 0.265. The molecular weight excluding hydrogens is 430 g/mol. The molecule has 0 aliphatic rings. The number of hydrogen-bond acceptors (Lipinski definition) is 9. The number of aromatic amines is 1. The van der Waals surface area contributed by atoms with E-state index in [1.165, 1.54) is 11.3 Å². The highest BCUT2D eigenvalue weighted by Gasteiger charge is 2.22. The van der Waals surface area contributed by atoms with Gasteiger partial charge in [-0.3, -0.25) is 14.6 Å². The number of H-pyrrole nitrogens is 1. The van der Waals surface area contributed by atoms with Crippen molar-refractivity contribution >= 4 is 41.1 Å². The van der Waals surface area contributed by atoms with Crippen LogP contribution in [-0.2, 0) is 22.4 Å². The number of hydrogen-bond donors (Lipinski definition) is 6. The number of nitrogens with two attached hydrogens (primary N) is 2. The SMILES string of the molecule is Nc1nc(N)c(CCCCc2csc(OC(=O)N[C@@H](CCC(=O)O)C(=O)O)c2)c(=O)[nH]1. The molecule has 2 aromatic rings. The lowest BCUT2D eigenvalue weighted by Crippen LogP contribution is -2.42. The number of nitrogens with zero attached hydrogens (tertiary/aromatic N) is 1. The van der Waals surface area contributed by atoms with Crippen LogP contribution in [0.5, 0.6) is 5.06 Å². The molecule has 0 fully saturated rings. The van der Waals surface area contributed by atoms with Crippen molar-refractivity contribution in [2.75, 3.05) is 11.5 Å². The Labute approximate surface area is 180 Å². The first-order valence-corrected chi connectivity index (χ1v) is 10.2. The second-order valence-corrected chi connectivity index (χ2v) is 7.53. The van der Waals surface area contributed by atoms with Crippen LogP contribution in [-0.4, -0.2) is 44.3 Å². The highest BCUT2D eigenvalue weighted by molar-refractivity contribution is 7.12. The molecule has 1 amide bonds. The third-order valence-corrected chi connectivity index (χ3v) is 5.12. The molecule has 0 spiro atoms. The second-order valence-electron chi connectivity index (χ2n) is 6.65. The summed E-state index contributed by atoms with van der Waals surface area (Å²) in [7, 11) is 0. The minimum absolute atomic E-state index is 0.0300. The number of aryl methyl sites for hydroxylation is 1. The average molecular weight is 453 g/mol. The number of nitrogen functional groups attached to an aromatic ring is 2. The molecule has 0 aromatic carbocycles. The maximum absolute atomic E-state index is 11.9. The standard InChI is InChI=1S/C18H23N5O7S/c19-14-10(15(26)23-17(20)22-14)4-2-1-3-9-7-13(31-8-9)30-18(29)21-11(16(27)28)5-6-12(24)25/h7-8,11H,1-6H2,(H,21,29)(H,24,25)(H,27,28)(H5,19,20,22,23,26)/t11-/m0/s1. The summed E-state index contributed by atoms with van der Waals surface area (Å²) in [6.07, 6.45) is 0.889. The molecule has 2 rings (SSSR count). The van der Waals surface area contributed by atoms with E-state index in [2.05, 4.69) is 15.3 Å². The number of ether oxygens (including phenoxy) is 1. The zero-order valence-corrected chi connectivity index (χ0v) is 17.2. The molecule has 31 heavy (non-hydrogen) atoms. The van der Waals surface area contributed by atoms with Gasteiger partial charge in [0.05, 0.1) is 5.56 Å². The van der Waals surface area contributed by atoms with Crippen LogP contribution in [0, 0.1) is 0 Å². The molecule has 168 valence electrons. The summed E-state index contributed by atoms with van der Waals surface area (Å²) in [5.41, 5.74) is 12.1. The number of anilines is 2. The fourth-order valence-electron chi connectivity index (χ4n) is 2.73. The van der Waals surface area contributed by atoms with E-state index in [-0.39, 0.29) is 28.8 Å². The number of thiophene rings is 1. The van der Waals surface area contributed by atoms with E-state index in [1.54, 1.807) is 11.4 Å². The third kappa shape index (κ3) is 7.62. The van der Waals surface area contributed by atoms with Gasteiger partial charge in [-0.1, -0.05) is 0 Å². The Kier molecular flexibility index (Phi) is 8.37. The molecule has 0 aliphatic heterocycles. The molecule has 13 heteroatoms. The lowest BCUT2D eigenvalue weighted by Gasteiger charge is -2.12. The van der Waals surface area contributed by atoms with Gasteiger partial charge < -0.3 is 31.7 Å². The van der Waals surface area contributed by atoms with Crippen LogP contribution in [0.3, 0.4) is 0 Å². The fourth-order valence-corrected chi connectivity index (χ4v) is 3.53. The van der Waals surface area contributed by atoms with Gasteiger partial charge in [-0.15, -0.1) is 11.3 Å². The number of carboxylic acid groups (broad SMARTS) is 2. The van der Waals surface area contributed by atoms with E-state index < -0.39 is 30.5 Å². The summed E-state index contributed by atoms with van der Waals surface area (Å²) in [5, 5.41) is 21.9. The third-order valence-electron chi connectivity index (χ3n) is 4.27. The number of amides is 1. The first-order chi connectivity index (χ1) is 14.7. The summed E-state index contributed by atoms with van der Waals surface area (Å²) >= 11 is 1.17. The molecule has 2 heterocycles. The first kappa shape index (κ1) is 23.7. The van der Waals surface area contributed by atoms with Crippen molar-refractivity contribution in [2.45, 2.75) is 44.6 Å². The number of aliphatic carboxylic acids is 2. The summed E-state index contributed by atoms with van der Waals surface area (Å²) in [6.45, 7) is 0. The Morgan fingerprint density at radius 2 is 1.94 bits per heavy atom. The average Bonchev–Trinajstić information content (AvgIpc) is 3.10. The van der Waals surface area contributed by atoms with E-state index in [1.807, 2.05) is 0 Å². The van der Waals surface area contributed by atoms with E-state index >= 15 is 0 Å². The van der Waals surface area contributed by atoms with Crippen molar-refractivity contribution in [2.24, 2.45) is 0 Å². The van der Waals surface area contributed by atoms with Gasteiger partial charge >= 0.3 is 18.0 Å². The Morgan fingerprint density at radius 3 is 2.58 bits per heavy atom. The smallest absolute Gasteiger partial charge is 0.414 e. The van der Waals surface area contributed by atoms with Crippen molar-refractivity contribution in [3.63, 3.8) is 0 Å². The van der Waals surface area contributed by atoms with Crippen LogP contribution in [0.15, 0.2) is 16.2 Å². The van der Waals surface area contributed by atoms with Crippen molar-refractivity contribution in [1.29, 1.82) is 0 Å². The van der Waals surface area contributed by atoms with Gasteiger partial charge in [-0.05, 0) is 49.1 Å².